The topological polar surface area (TPSA) is 69.7 Å². The molecule has 19 heavy (non-hydrogen) atoms. The van der Waals surface area contributed by atoms with Crippen LogP contribution in [0.15, 0.2) is 0 Å². The van der Waals surface area contributed by atoms with Gasteiger partial charge in [0.2, 0.25) is 5.91 Å². The van der Waals surface area contributed by atoms with E-state index >= 15 is 0 Å². The number of carbonyl (C=O) groups excluding carboxylic acids is 1. The molecule has 0 saturated carbocycles. The van der Waals surface area contributed by atoms with Gasteiger partial charge in [0.15, 0.2) is 0 Å². The Bertz CT molecular complexity index is 398. The fraction of sp³-hybridized carbons (Fsp3) is 0.917. The van der Waals surface area contributed by atoms with Crippen LogP contribution in [0.3, 0.4) is 0 Å². The van der Waals surface area contributed by atoms with Crippen LogP contribution in [-0.4, -0.2) is 56.8 Å². The molecule has 1 N–H and O–H groups in total. The van der Waals surface area contributed by atoms with E-state index in [1.54, 1.807) is 0 Å². The van der Waals surface area contributed by atoms with Gasteiger partial charge in [0.05, 0.1) is 0 Å². The van der Waals surface area contributed by atoms with Crippen LogP contribution in [0.25, 0.3) is 0 Å². The van der Waals surface area contributed by atoms with Gasteiger partial charge in [0.1, 0.15) is 0 Å². The Hall–Kier alpha value is -0.660. The Kier molecular flexibility index (Phi) is 5.76. The first-order chi connectivity index (χ1) is 8.72. The summed E-state index contributed by atoms with van der Waals surface area (Å²) < 4.78 is 27.2. The first-order valence-electron chi connectivity index (χ1n) is 6.70. The fourth-order valence-corrected chi connectivity index (χ4v) is 2.91. The Balaban J connectivity index is 2.43. The highest BCUT2D eigenvalue weighted by molar-refractivity contribution is 7.87. The Labute approximate surface area is 116 Å². The van der Waals surface area contributed by atoms with Gasteiger partial charge in [-0.3, -0.25) is 4.79 Å². The largest absolute Gasteiger partial charge is 0.343 e. The minimum atomic E-state index is -3.37. The summed E-state index contributed by atoms with van der Waals surface area (Å²) in [5.41, 5.74) is 0. The van der Waals surface area contributed by atoms with Crippen molar-refractivity contribution in [3.63, 3.8) is 0 Å². The molecular formula is C12H25N3O3S. The lowest BCUT2D eigenvalue weighted by atomic mass is 10.0. The van der Waals surface area contributed by atoms with Crippen molar-refractivity contribution in [2.24, 2.45) is 5.92 Å². The lowest BCUT2D eigenvalue weighted by molar-refractivity contribution is -0.133. The second-order valence-electron chi connectivity index (χ2n) is 5.66. The molecule has 0 aromatic heterocycles. The standard InChI is InChI=1S/C12H25N3O3S/c1-10(2)9-12(16)15-7-5-11(6-8-15)13-19(17,18)14(3)4/h10-11,13H,5-9H2,1-4H3. The molecule has 7 heteroatoms. The zero-order chi connectivity index (χ0) is 14.6. The summed E-state index contributed by atoms with van der Waals surface area (Å²) in [4.78, 5) is 13.7. The van der Waals surface area contributed by atoms with Crippen molar-refractivity contribution in [2.75, 3.05) is 27.2 Å². The Morgan fingerprint density at radius 3 is 2.26 bits per heavy atom. The van der Waals surface area contributed by atoms with Gasteiger partial charge < -0.3 is 4.90 Å². The van der Waals surface area contributed by atoms with Gasteiger partial charge in [0.25, 0.3) is 10.2 Å². The molecule has 1 fully saturated rings. The molecule has 1 saturated heterocycles. The van der Waals surface area contributed by atoms with Crippen molar-refractivity contribution in [1.29, 1.82) is 0 Å². The van der Waals surface area contributed by atoms with Gasteiger partial charge in [0, 0.05) is 39.6 Å². The highest BCUT2D eigenvalue weighted by Gasteiger charge is 2.26. The summed E-state index contributed by atoms with van der Waals surface area (Å²) in [7, 11) is -0.367. The molecule has 0 bridgehead atoms. The Morgan fingerprint density at radius 1 is 1.32 bits per heavy atom. The van der Waals surface area contributed by atoms with Crippen molar-refractivity contribution in [1.82, 2.24) is 13.9 Å². The van der Waals surface area contributed by atoms with Gasteiger partial charge in [-0.2, -0.15) is 17.4 Å². The van der Waals surface area contributed by atoms with Crippen LogP contribution in [0.1, 0.15) is 33.1 Å². The molecule has 1 rings (SSSR count). The average Bonchev–Trinajstić information content (AvgIpc) is 2.28. The number of carbonyl (C=O) groups is 1. The van der Waals surface area contributed by atoms with Crippen molar-refractivity contribution in [3.8, 4) is 0 Å². The van der Waals surface area contributed by atoms with Gasteiger partial charge in [-0.05, 0) is 18.8 Å². The molecule has 1 amide bonds. The molecule has 0 radical (unpaired) electrons. The van der Waals surface area contributed by atoms with Crippen molar-refractivity contribution >= 4 is 16.1 Å². The molecular weight excluding hydrogens is 266 g/mol. The highest BCUT2D eigenvalue weighted by atomic mass is 32.2. The van der Waals surface area contributed by atoms with Crippen LogP contribution in [0.4, 0.5) is 0 Å². The van der Waals surface area contributed by atoms with Gasteiger partial charge in [-0.25, -0.2) is 0 Å². The number of hydrogen-bond donors (Lipinski definition) is 1. The smallest absolute Gasteiger partial charge is 0.279 e. The van der Waals surface area contributed by atoms with E-state index in [2.05, 4.69) is 4.72 Å². The molecule has 6 nitrogen and oxygen atoms in total. The first kappa shape index (κ1) is 16.4. The molecule has 0 spiro atoms. The monoisotopic (exact) mass is 291 g/mol. The molecule has 112 valence electrons. The number of hydrogen-bond acceptors (Lipinski definition) is 3. The van der Waals surface area contributed by atoms with E-state index in [-0.39, 0.29) is 11.9 Å². The van der Waals surface area contributed by atoms with Crippen molar-refractivity contribution < 1.29 is 13.2 Å². The normalized spacial score (nSPS) is 18.3. The molecule has 1 aliphatic rings. The van der Waals surface area contributed by atoms with E-state index in [4.69, 9.17) is 0 Å². The molecule has 1 heterocycles. The molecule has 0 aliphatic carbocycles. The molecule has 0 atom stereocenters. The third kappa shape index (κ3) is 5.08. The minimum Gasteiger partial charge on any atom is -0.343 e. The molecule has 0 aromatic rings. The molecule has 1 aliphatic heterocycles. The predicted octanol–water partition coefficient (Wildman–Crippen LogP) is 0.420. The van der Waals surface area contributed by atoms with Crippen LogP contribution in [-0.2, 0) is 15.0 Å². The second-order valence-corrected chi connectivity index (χ2v) is 7.57. The maximum atomic E-state index is 11.9. The molecule has 0 unspecified atom stereocenters. The maximum Gasteiger partial charge on any atom is 0.279 e. The maximum absolute atomic E-state index is 11.9. The third-order valence-electron chi connectivity index (χ3n) is 3.23. The lowest BCUT2D eigenvalue weighted by Gasteiger charge is -2.33. The van der Waals surface area contributed by atoms with Crippen molar-refractivity contribution in [3.05, 3.63) is 0 Å². The summed E-state index contributed by atoms with van der Waals surface area (Å²) in [6, 6.07) is -0.0736. The summed E-state index contributed by atoms with van der Waals surface area (Å²) in [5, 5.41) is 0. The van der Waals surface area contributed by atoms with Crippen LogP contribution in [0.5, 0.6) is 0 Å². The average molecular weight is 291 g/mol. The molecule has 0 aromatic carbocycles. The number of nitrogens with zero attached hydrogens (tertiary/aromatic N) is 2. The van der Waals surface area contributed by atoms with Crippen LogP contribution >= 0.6 is 0 Å². The minimum absolute atomic E-state index is 0.0736. The zero-order valence-corrected chi connectivity index (χ0v) is 13.0. The van der Waals surface area contributed by atoms with Crippen LogP contribution in [0, 0.1) is 5.92 Å². The highest BCUT2D eigenvalue weighted by Crippen LogP contribution is 2.14. The summed E-state index contributed by atoms with van der Waals surface area (Å²) in [6.45, 7) is 5.31. The number of amides is 1. The van der Waals surface area contributed by atoms with Crippen LogP contribution in [0.2, 0.25) is 0 Å². The first-order valence-corrected chi connectivity index (χ1v) is 8.14. The third-order valence-corrected chi connectivity index (χ3v) is 4.82. The van der Waals surface area contributed by atoms with Gasteiger partial charge in [-0.15, -0.1) is 0 Å². The fourth-order valence-electron chi connectivity index (χ4n) is 2.04. The van der Waals surface area contributed by atoms with Crippen molar-refractivity contribution in [2.45, 2.75) is 39.2 Å². The van der Waals surface area contributed by atoms with Gasteiger partial charge >= 0.3 is 0 Å². The summed E-state index contributed by atoms with van der Waals surface area (Å²) >= 11 is 0. The lowest BCUT2D eigenvalue weighted by Crippen LogP contribution is -2.49. The number of nitrogens with one attached hydrogen (secondary N) is 1. The van der Waals surface area contributed by atoms with E-state index in [1.807, 2.05) is 18.7 Å². The van der Waals surface area contributed by atoms with E-state index in [1.165, 1.54) is 18.4 Å². The zero-order valence-electron chi connectivity index (χ0n) is 12.2. The van der Waals surface area contributed by atoms with E-state index in [9.17, 15) is 13.2 Å². The number of piperidine rings is 1. The SMILES string of the molecule is CC(C)CC(=O)N1CCC(NS(=O)(=O)N(C)C)CC1. The Morgan fingerprint density at radius 2 is 1.84 bits per heavy atom. The van der Waals surface area contributed by atoms with Gasteiger partial charge in [-0.1, -0.05) is 13.8 Å². The number of rotatable bonds is 5. The van der Waals surface area contributed by atoms with E-state index in [0.717, 1.165) is 0 Å². The second kappa shape index (κ2) is 6.67. The summed E-state index contributed by atoms with van der Waals surface area (Å²) in [5.74, 6) is 0.529. The quantitative estimate of drug-likeness (QED) is 0.798. The van der Waals surface area contributed by atoms with E-state index < -0.39 is 10.2 Å². The number of likely N-dealkylation sites (tertiary alicyclic amines) is 1. The predicted molar refractivity (Wildman–Crippen MR) is 74.8 cm³/mol. The summed E-state index contributed by atoms with van der Waals surface area (Å²) in [6.07, 6.45) is 1.92. The van der Waals surface area contributed by atoms with E-state index in [0.29, 0.717) is 38.3 Å². The van der Waals surface area contributed by atoms with Crippen LogP contribution < -0.4 is 4.72 Å².